The number of rotatable bonds is 4. The summed E-state index contributed by atoms with van der Waals surface area (Å²) in [4.78, 5) is 2.81. The van der Waals surface area contributed by atoms with E-state index in [9.17, 15) is 0 Å². The van der Waals surface area contributed by atoms with Gasteiger partial charge in [0.1, 0.15) is 0 Å². The van der Waals surface area contributed by atoms with Crippen molar-refractivity contribution in [1.29, 1.82) is 0 Å². The molecule has 1 aliphatic carbocycles. The van der Waals surface area contributed by atoms with Gasteiger partial charge in [-0.2, -0.15) is 0 Å². The van der Waals surface area contributed by atoms with Gasteiger partial charge >= 0.3 is 0 Å². The zero-order valence-corrected chi connectivity index (χ0v) is 15.2. The molecule has 4 saturated heterocycles. The van der Waals surface area contributed by atoms with Crippen molar-refractivity contribution < 1.29 is 4.74 Å². The highest BCUT2D eigenvalue weighted by Gasteiger charge is 2.47. The molecule has 4 aliphatic heterocycles. The molecule has 2 bridgehead atoms. The number of piperidine rings is 4. The van der Waals surface area contributed by atoms with Crippen LogP contribution in [0, 0.1) is 23.7 Å². The lowest BCUT2D eigenvalue weighted by Gasteiger charge is -2.55. The molecule has 23 heavy (non-hydrogen) atoms. The first-order valence-corrected chi connectivity index (χ1v) is 10.3. The zero-order valence-electron chi connectivity index (χ0n) is 15.2. The predicted molar refractivity (Wildman–Crippen MR) is 94.5 cm³/mol. The van der Waals surface area contributed by atoms with Gasteiger partial charge < -0.3 is 10.1 Å². The van der Waals surface area contributed by atoms with Crippen LogP contribution in [0.5, 0.6) is 0 Å². The van der Waals surface area contributed by atoms with Crippen LogP contribution in [0.4, 0.5) is 0 Å². The van der Waals surface area contributed by atoms with Crippen molar-refractivity contribution in [1.82, 2.24) is 10.2 Å². The molecule has 1 saturated carbocycles. The molecule has 4 unspecified atom stereocenters. The Kier molecular flexibility index (Phi) is 4.99. The molecule has 1 N–H and O–H groups in total. The number of methoxy groups -OCH3 is 1. The van der Waals surface area contributed by atoms with Crippen LogP contribution in [0.15, 0.2) is 0 Å². The van der Waals surface area contributed by atoms with Gasteiger partial charge in [-0.05, 0) is 68.9 Å². The molecule has 0 aromatic rings. The number of fused-ring (bicyclic) bond motifs is 4. The van der Waals surface area contributed by atoms with E-state index >= 15 is 0 Å². The van der Waals surface area contributed by atoms with Gasteiger partial charge in [0.05, 0.1) is 6.10 Å². The van der Waals surface area contributed by atoms with E-state index in [2.05, 4.69) is 17.1 Å². The Balaban J connectivity index is 1.50. The van der Waals surface area contributed by atoms with Gasteiger partial charge in [-0.1, -0.05) is 26.2 Å². The van der Waals surface area contributed by atoms with E-state index in [0.29, 0.717) is 12.1 Å². The quantitative estimate of drug-likeness (QED) is 0.860. The fourth-order valence-corrected chi connectivity index (χ4v) is 6.58. The third-order valence-electron chi connectivity index (χ3n) is 7.79. The maximum atomic E-state index is 6.23. The monoisotopic (exact) mass is 320 g/mol. The second-order valence-corrected chi connectivity index (χ2v) is 8.68. The van der Waals surface area contributed by atoms with Crippen molar-refractivity contribution in [3.63, 3.8) is 0 Å². The van der Waals surface area contributed by atoms with Gasteiger partial charge in [-0.25, -0.2) is 0 Å². The zero-order chi connectivity index (χ0) is 15.8. The first-order chi connectivity index (χ1) is 11.3. The number of ether oxygens (including phenoxy) is 1. The van der Waals surface area contributed by atoms with Crippen LogP contribution in [-0.4, -0.2) is 49.8 Å². The minimum atomic E-state index is 0.475. The molecular formula is C20H36N2O. The summed E-state index contributed by atoms with van der Waals surface area (Å²) in [6, 6.07) is 1.48. The van der Waals surface area contributed by atoms with E-state index in [4.69, 9.17) is 4.74 Å². The lowest BCUT2D eigenvalue weighted by molar-refractivity contribution is -0.107. The summed E-state index contributed by atoms with van der Waals surface area (Å²) in [5.41, 5.74) is 0. The molecule has 0 aromatic heterocycles. The highest BCUT2D eigenvalue weighted by atomic mass is 16.5. The SMILES string of the molecule is CC[C@H]1CN2CC[C@H]1C[C@@H]2[C@H](OC)C1CCNC2CCCCC21. The van der Waals surface area contributed by atoms with Crippen LogP contribution in [0.3, 0.4) is 0 Å². The molecule has 0 amide bonds. The van der Waals surface area contributed by atoms with Gasteiger partial charge in [0.25, 0.3) is 0 Å². The average molecular weight is 321 g/mol. The predicted octanol–water partition coefficient (Wildman–Crippen LogP) is 3.29. The summed E-state index contributed by atoms with van der Waals surface area (Å²) >= 11 is 0. The maximum Gasteiger partial charge on any atom is 0.0758 e. The summed E-state index contributed by atoms with van der Waals surface area (Å²) in [5, 5.41) is 3.81. The van der Waals surface area contributed by atoms with Crippen LogP contribution in [0.1, 0.15) is 58.3 Å². The third kappa shape index (κ3) is 2.98. The van der Waals surface area contributed by atoms with Crippen LogP contribution >= 0.6 is 0 Å². The van der Waals surface area contributed by atoms with Gasteiger partial charge in [0.15, 0.2) is 0 Å². The molecule has 3 nitrogen and oxygen atoms in total. The van der Waals surface area contributed by atoms with Crippen LogP contribution in [0.2, 0.25) is 0 Å². The number of nitrogens with one attached hydrogen (secondary N) is 1. The lowest BCUT2D eigenvalue weighted by atomic mass is 9.66. The number of hydrogen-bond donors (Lipinski definition) is 1. The molecule has 132 valence electrons. The topological polar surface area (TPSA) is 24.5 Å². The van der Waals surface area contributed by atoms with Crippen LogP contribution in [-0.2, 0) is 4.74 Å². The number of hydrogen-bond acceptors (Lipinski definition) is 3. The molecule has 5 aliphatic rings. The summed E-state index contributed by atoms with van der Waals surface area (Å²) in [6.45, 7) is 6.25. The Morgan fingerprint density at radius 2 is 2.04 bits per heavy atom. The Morgan fingerprint density at radius 1 is 1.17 bits per heavy atom. The molecule has 4 heterocycles. The molecule has 3 heteroatoms. The Bertz CT molecular complexity index is 399. The summed E-state index contributed by atoms with van der Waals surface area (Å²) in [7, 11) is 1.99. The minimum Gasteiger partial charge on any atom is -0.380 e. The smallest absolute Gasteiger partial charge is 0.0758 e. The first kappa shape index (κ1) is 16.4. The van der Waals surface area contributed by atoms with Crippen molar-refractivity contribution in [2.75, 3.05) is 26.7 Å². The largest absolute Gasteiger partial charge is 0.380 e. The minimum absolute atomic E-state index is 0.475. The molecular weight excluding hydrogens is 284 g/mol. The van der Waals surface area contributed by atoms with E-state index in [-0.39, 0.29) is 0 Å². The first-order valence-electron chi connectivity index (χ1n) is 10.3. The third-order valence-corrected chi connectivity index (χ3v) is 7.79. The van der Waals surface area contributed by atoms with E-state index in [1.54, 1.807) is 0 Å². The van der Waals surface area contributed by atoms with E-state index in [1.165, 1.54) is 71.0 Å². The summed E-state index contributed by atoms with van der Waals surface area (Å²) in [6.07, 6.45) is 11.7. The number of nitrogens with zero attached hydrogens (tertiary/aromatic N) is 1. The van der Waals surface area contributed by atoms with Crippen LogP contribution < -0.4 is 5.32 Å². The van der Waals surface area contributed by atoms with Crippen molar-refractivity contribution in [2.24, 2.45) is 23.7 Å². The van der Waals surface area contributed by atoms with Crippen molar-refractivity contribution >= 4 is 0 Å². The summed E-state index contributed by atoms with van der Waals surface area (Å²) < 4.78 is 6.23. The molecule has 0 aromatic carbocycles. The van der Waals surface area contributed by atoms with E-state index in [0.717, 1.165) is 29.7 Å². The lowest BCUT2D eigenvalue weighted by Crippen LogP contribution is -2.61. The average Bonchev–Trinajstić information content (AvgIpc) is 2.63. The second kappa shape index (κ2) is 7.01. The Hall–Kier alpha value is -0.120. The Labute approximate surface area is 142 Å². The van der Waals surface area contributed by atoms with E-state index in [1.807, 2.05) is 7.11 Å². The van der Waals surface area contributed by atoms with Crippen molar-refractivity contribution in [3.8, 4) is 0 Å². The molecule has 0 radical (unpaired) electrons. The fraction of sp³-hybridized carbons (Fsp3) is 1.00. The molecule has 8 atom stereocenters. The normalized spacial score (nSPS) is 48.0. The van der Waals surface area contributed by atoms with Gasteiger partial charge in [-0.15, -0.1) is 0 Å². The van der Waals surface area contributed by atoms with Crippen LogP contribution in [0.25, 0.3) is 0 Å². The highest BCUT2D eigenvalue weighted by molar-refractivity contribution is 5.01. The molecule has 5 fully saturated rings. The maximum absolute atomic E-state index is 6.23. The Morgan fingerprint density at radius 3 is 2.78 bits per heavy atom. The fourth-order valence-electron chi connectivity index (χ4n) is 6.58. The molecule has 0 spiro atoms. The van der Waals surface area contributed by atoms with Gasteiger partial charge in [-0.3, -0.25) is 4.90 Å². The van der Waals surface area contributed by atoms with Crippen molar-refractivity contribution in [2.45, 2.75) is 76.5 Å². The van der Waals surface area contributed by atoms with Gasteiger partial charge in [0.2, 0.25) is 0 Å². The van der Waals surface area contributed by atoms with Crippen molar-refractivity contribution in [3.05, 3.63) is 0 Å². The highest BCUT2D eigenvalue weighted by Crippen LogP contribution is 2.44. The second-order valence-electron chi connectivity index (χ2n) is 8.68. The van der Waals surface area contributed by atoms with Gasteiger partial charge in [0, 0.05) is 25.7 Å². The molecule has 5 rings (SSSR count). The standard InChI is InChI=1S/C20H36N2O/c1-3-14-13-22-11-9-15(14)12-19(22)20(23-2)17-8-10-21-18-7-5-4-6-16(17)18/h14-21H,3-13H2,1-2H3/t14-,15-,16?,17?,18?,19+,20+/m0/s1. The van der Waals surface area contributed by atoms with E-state index < -0.39 is 0 Å². The summed E-state index contributed by atoms with van der Waals surface area (Å²) in [5.74, 6) is 3.58.